The van der Waals surface area contributed by atoms with Crippen molar-refractivity contribution in [3.63, 3.8) is 0 Å². The lowest BCUT2D eigenvalue weighted by atomic mass is 10.6. The molecule has 10 heavy (non-hydrogen) atoms. The maximum Gasteiger partial charge on any atom is 0.407 e. The number of methoxy groups -OCH3 is 1. The first-order valence-corrected chi connectivity index (χ1v) is 2.34. The van der Waals surface area contributed by atoms with Crippen LogP contribution in [0.5, 0.6) is 0 Å². The Hall–Kier alpha value is -0.940. The number of halogens is 3. The largest absolute Gasteiger partial charge is 0.453 e. The Morgan fingerprint density at radius 2 is 2.20 bits per heavy atom. The Balaban J connectivity index is 0. The van der Waals surface area contributed by atoms with Crippen molar-refractivity contribution in [2.45, 2.75) is 6.18 Å². The summed E-state index contributed by atoms with van der Waals surface area (Å²) in [6.45, 7) is -1.36. The van der Waals surface area contributed by atoms with Gasteiger partial charge in [0.05, 0.1) is 7.11 Å². The van der Waals surface area contributed by atoms with Gasteiger partial charge in [0.25, 0.3) is 0 Å². The Kier molecular flexibility index (Phi) is 2.98. The number of hydrogen-bond acceptors (Lipinski definition) is 2. The van der Waals surface area contributed by atoms with Gasteiger partial charge in [-0.1, -0.05) is 0 Å². The average molecular weight is 159 g/mol. The predicted octanol–water partition coefficient (Wildman–Crippen LogP) is 1.15. The molecular weight excluding hydrogens is 151 g/mol. The molecule has 1 N–H and O–H groups in total. The second kappa shape index (κ2) is 3.28. The zero-order valence-corrected chi connectivity index (χ0v) is 5.16. The van der Waals surface area contributed by atoms with Gasteiger partial charge in [-0.15, -0.1) is 0 Å². The van der Waals surface area contributed by atoms with Crippen LogP contribution in [0, 0.1) is 0 Å². The second-order valence-corrected chi connectivity index (χ2v) is 1.46. The molecule has 0 rings (SSSR count). The lowest BCUT2D eigenvalue weighted by Crippen LogP contribution is -2.33. The summed E-state index contributed by atoms with van der Waals surface area (Å²) in [4.78, 5) is 10.0. The van der Waals surface area contributed by atoms with Crippen molar-refractivity contribution in [2.24, 2.45) is 0 Å². The van der Waals surface area contributed by atoms with Crippen LogP contribution < -0.4 is 5.32 Å². The van der Waals surface area contributed by atoms with Crippen LogP contribution in [0.3, 0.4) is 0 Å². The molecule has 0 spiro atoms. The fraction of sp³-hybridized carbons (Fsp3) is 0.750. The summed E-state index contributed by atoms with van der Waals surface area (Å²) >= 11 is 0. The Morgan fingerprint density at radius 1 is 1.70 bits per heavy atom. The summed E-state index contributed by atoms with van der Waals surface area (Å²) in [7, 11) is 0.992. The van der Waals surface area contributed by atoms with Crippen molar-refractivity contribution in [1.29, 1.82) is 0 Å². The molecular formula is C4H8F3NO2. The van der Waals surface area contributed by atoms with Crippen LogP contribution in [0.2, 0.25) is 0 Å². The molecule has 0 aromatic heterocycles. The first-order chi connectivity index (χ1) is 4.45. The molecule has 62 valence electrons. The van der Waals surface area contributed by atoms with E-state index in [4.69, 9.17) is 0 Å². The van der Waals surface area contributed by atoms with Gasteiger partial charge in [-0.2, -0.15) is 13.2 Å². The van der Waals surface area contributed by atoms with Crippen molar-refractivity contribution in [2.75, 3.05) is 13.7 Å². The third-order valence-corrected chi connectivity index (χ3v) is 0.619. The molecule has 0 aromatic rings. The van der Waals surface area contributed by atoms with E-state index in [1.807, 2.05) is 0 Å². The fourth-order valence-electron chi connectivity index (χ4n) is 0.245. The minimum Gasteiger partial charge on any atom is -0.453 e. The molecule has 0 aromatic carbocycles. The Morgan fingerprint density at radius 3 is 2.50 bits per heavy atom. The summed E-state index contributed by atoms with van der Waals surface area (Å²) in [5, 5.41) is 1.49. The molecule has 0 heterocycles. The first kappa shape index (κ1) is 9.06. The number of nitrogens with one attached hydrogen (secondary N) is 1. The highest BCUT2D eigenvalue weighted by Crippen LogP contribution is 2.11. The van der Waals surface area contributed by atoms with Crippen molar-refractivity contribution in [3.8, 4) is 0 Å². The number of alkyl halides is 3. The van der Waals surface area contributed by atoms with Gasteiger partial charge in [0.15, 0.2) is 0 Å². The average Bonchev–Trinajstić information content (AvgIpc) is 1.81. The molecule has 6 heteroatoms. The summed E-state index contributed by atoms with van der Waals surface area (Å²) in [5.74, 6) is 0. The van der Waals surface area contributed by atoms with Crippen molar-refractivity contribution in [3.05, 3.63) is 0 Å². The van der Waals surface area contributed by atoms with Crippen LogP contribution in [0.1, 0.15) is 1.43 Å². The number of amides is 1. The molecule has 0 saturated heterocycles. The molecule has 0 unspecified atom stereocenters. The van der Waals surface area contributed by atoms with E-state index >= 15 is 0 Å². The molecule has 0 radical (unpaired) electrons. The lowest BCUT2D eigenvalue weighted by Gasteiger charge is -2.05. The summed E-state index contributed by atoms with van der Waals surface area (Å²) in [6.07, 6.45) is -5.47. The zero-order valence-electron chi connectivity index (χ0n) is 5.16. The third kappa shape index (κ3) is 5.20. The Bertz CT molecular complexity index is 127. The van der Waals surface area contributed by atoms with Crippen LogP contribution in [-0.2, 0) is 4.74 Å². The number of alkyl carbamates (subject to hydrolysis) is 1. The molecule has 0 aliphatic rings. The van der Waals surface area contributed by atoms with Gasteiger partial charge in [-0.3, -0.25) is 0 Å². The Labute approximate surface area is 56.6 Å². The number of carbonyl (C=O) groups excluding carboxylic acids is 1. The van der Waals surface area contributed by atoms with Gasteiger partial charge in [0.1, 0.15) is 6.54 Å². The smallest absolute Gasteiger partial charge is 0.407 e. The zero-order chi connectivity index (χ0) is 8.20. The minimum atomic E-state index is -4.38. The SMILES string of the molecule is COC(=O)NCC(F)(F)F.[HH]. The molecule has 0 aliphatic heterocycles. The van der Waals surface area contributed by atoms with E-state index in [0.717, 1.165) is 7.11 Å². The van der Waals surface area contributed by atoms with Gasteiger partial charge in [-0.25, -0.2) is 4.79 Å². The summed E-state index contributed by atoms with van der Waals surface area (Å²) in [5.41, 5.74) is 0. The van der Waals surface area contributed by atoms with E-state index in [2.05, 4.69) is 4.74 Å². The van der Waals surface area contributed by atoms with Crippen LogP contribution in [0.25, 0.3) is 0 Å². The van der Waals surface area contributed by atoms with E-state index in [9.17, 15) is 18.0 Å². The van der Waals surface area contributed by atoms with Gasteiger partial charge >= 0.3 is 12.3 Å². The highest BCUT2D eigenvalue weighted by molar-refractivity contribution is 5.66. The van der Waals surface area contributed by atoms with Gasteiger partial charge in [-0.05, 0) is 0 Å². The number of carbonyl (C=O) groups is 1. The molecule has 1 amide bonds. The maximum atomic E-state index is 11.3. The molecule has 0 aliphatic carbocycles. The van der Waals surface area contributed by atoms with Crippen molar-refractivity contribution in [1.82, 2.24) is 5.32 Å². The second-order valence-electron chi connectivity index (χ2n) is 1.46. The van der Waals surface area contributed by atoms with Gasteiger partial charge < -0.3 is 10.1 Å². The van der Waals surface area contributed by atoms with Crippen molar-refractivity contribution < 1.29 is 24.1 Å². The minimum absolute atomic E-state index is 0. The van der Waals surface area contributed by atoms with E-state index in [-0.39, 0.29) is 1.43 Å². The number of ether oxygens (including phenoxy) is 1. The summed E-state index contributed by atoms with van der Waals surface area (Å²) in [6, 6.07) is 0. The topological polar surface area (TPSA) is 38.3 Å². The van der Waals surface area contributed by atoms with E-state index in [1.165, 1.54) is 5.32 Å². The molecule has 0 bridgehead atoms. The van der Waals surface area contributed by atoms with E-state index in [0.29, 0.717) is 0 Å². The summed E-state index contributed by atoms with van der Waals surface area (Å²) < 4.78 is 37.7. The molecule has 0 atom stereocenters. The quantitative estimate of drug-likeness (QED) is 0.623. The normalized spacial score (nSPS) is 10.8. The molecule has 3 nitrogen and oxygen atoms in total. The van der Waals surface area contributed by atoms with Gasteiger partial charge in [0, 0.05) is 1.43 Å². The highest BCUT2D eigenvalue weighted by Gasteiger charge is 2.27. The number of rotatable bonds is 1. The van der Waals surface area contributed by atoms with Crippen LogP contribution in [-0.4, -0.2) is 25.9 Å². The number of hydrogen-bond donors (Lipinski definition) is 1. The fourth-order valence-corrected chi connectivity index (χ4v) is 0.245. The molecule has 0 saturated carbocycles. The maximum absolute atomic E-state index is 11.3. The lowest BCUT2D eigenvalue weighted by molar-refractivity contribution is -0.123. The van der Waals surface area contributed by atoms with Crippen LogP contribution >= 0.6 is 0 Å². The standard InChI is InChI=1S/C4H6F3NO2.H2/c1-10-3(9)8-2-4(5,6)7;/h2H2,1H3,(H,8,9);1H. The van der Waals surface area contributed by atoms with Crippen LogP contribution in [0.15, 0.2) is 0 Å². The van der Waals surface area contributed by atoms with E-state index < -0.39 is 18.8 Å². The molecule has 0 fully saturated rings. The van der Waals surface area contributed by atoms with Crippen LogP contribution in [0.4, 0.5) is 18.0 Å². The van der Waals surface area contributed by atoms with E-state index in [1.54, 1.807) is 0 Å². The highest BCUT2D eigenvalue weighted by atomic mass is 19.4. The monoisotopic (exact) mass is 159 g/mol. The third-order valence-electron chi connectivity index (χ3n) is 0.619. The predicted molar refractivity (Wildman–Crippen MR) is 28.6 cm³/mol. The first-order valence-electron chi connectivity index (χ1n) is 2.34. The van der Waals surface area contributed by atoms with Gasteiger partial charge in [0.2, 0.25) is 0 Å². The van der Waals surface area contributed by atoms with Crippen molar-refractivity contribution >= 4 is 6.09 Å².